The Bertz CT molecular complexity index is 1420. The molecule has 0 aliphatic carbocycles. The maximum absolute atomic E-state index is 13.2. The number of nitrogens with zero attached hydrogens (tertiary/aromatic N) is 4. The number of pyridine rings is 2. The first kappa shape index (κ1) is 22.5. The van der Waals surface area contributed by atoms with E-state index in [9.17, 15) is 13.2 Å². The van der Waals surface area contributed by atoms with Gasteiger partial charge in [-0.1, -0.05) is 6.07 Å². The second kappa shape index (κ2) is 9.51. The molecule has 0 unspecified atom stereocenters. The topological polar surface area (TPSA) is 75.6 Å². The quantitative estimate of drug-likeness (QED) is 0.263. The summed E-state index contributed by atoms with van der Waals surface area (Å²) in [5.74, 6) is 1.11. The number of rotatable bonds is 6. The number of nitrogens with one attached hydrogen (secondary N) is 2. The maximum Gasteiger partial charge on any atom is 0.416 e. The van der Waals surface area contributed by atoms with Crippen LogP contribution in [0.25, 0.3) is 22.3 Å². The normalized spacial score (nSPS) is 11.3. The van der Waals surface area contributed by atoms with E-state index < -0.39 is 11.7 Å². The third-order valence-corrected chi connectivity index (χ3v) is 5.77. The Labute approximate surface area is 202 Å². The van der Waals surface area contributed by atoms with Crippen LogP contribution in [0.1, 0.15) is 5.56 Å². The molecule has 0 fully saturated rings. The van der Waals surface area contributed by atoms with Crippen LogP contribution in [0.15, 0.2) is 90.1 Å². The van der Waals surface area contributed by atoms with E-state index in [1.54, 1.807) is 54.3 Å². The van der Waals surface area contributed by atoms with Crippen molar-refractivity contribution in [1.82, 2.24) is 19.9 Å². The van der Waals surface area contributed by atoms with Crippen LogP contribution in [0.2, 0.25) is 0 Å². The lowest BCUT2D eigenvalue weighted by Gasteiger charge is -2.14. The van der Waals surface area contributed by atoms with Crippen molar-refractivity contribution in [2.75, 3.05) is 10.6 Å². The molecule has 6 nitrogen and oxygen atoms in total. The average Bonchev–Trinajstić information content (AvgIpc) is 3.40. The van der Waals surface area contributed by atoms with Crippen LogP contribution in [0.4, 0.5) is 36.4 Å². The monoisotopic (exact) mass is 490 g/mol. The minimum absolute atomic E-state index is 0.244. The Kier molecular flexibility index (Phi) is 6.11. The van der Waals surface area contributed by atoms with Gasteiger partial charge in [-0.05, 0) is 70.4 Å². The Morgan fingerprint density at radius 2 is 1.66 bits per heavy atom. The Hall–Kier alpha value is -4.31. The van der Waals surface area contributed by atoms with Crippen molar-refractivity contribution in [2.45, 2.75) is 6.18 Å². The standard InChI is InChI=1S/C25H17F3N6S/c26-25(27,28)19-2-1-3-20(12-19)32-23-21(16-6-9-29-10-7-16)14-31-24(34-23)33-22-5-4-17(13-30-22)18-8-11-35-15-18/h1-15H,(H2,30,31,32,33,34). The highest BCUT2D eigenvalue weighted by Gasteiger charge is 2.30. The van der Waals surface area contributed by atoms with Gasteiger partial charge >= 0.3 is 6.18 Å². The first-order chi connectivity index (χ1) is 17.0. The number of thiophene rings is 1. The molecular formula is C25H17F3N6S. The van der Waals surface area contributed by atoms with Gasteiger partial charge in [0.1, 0.15) is 11.6 Å². The predicted molar refractivity (Wildman–Crippen MR) is 131 cm³/mol. The third kappa shape index (κ3) is 5.28. The first-order valence-corrected chi connectivity index (χ1v) is 11.4. The molecule has 0 aliphatic rings. The van der Waals surface area contributed by atoms with E-state index >= 15 is 0 Å². The molecule has 35 heavy (non-hydrogen) atoms. The molecule has 2 N–H and O–H groups in total. The van der Waals surface area contributed by atoms with Crippen LogP contribution in [0, 0.1) is 0 Å². The van der Waals surface area contributed by atoms with Gasteiger partial charge < -0.3 is 10.6 Å². The summed E-state index contributed by atoms with van der Waals surface area (Å²) >= 11 is 1.61. The van der Waals surface area contributed by atoms with Crippen molar-refractivity contribution in [3.8, 4) is 22.3 Å². The minimum atomic E-state index is -4.45. The molecule has 0 aliphatic heterocycles. The highest BCUT2D eigenvalue weighted by Crippen LogP contribution is 2.33. The van der Waals surface area contributed by atoms with E-state index in [-0.39, 0.29) is 11.6 Å². The van der Waals surface area contributed by atoms with Crippen molar-refractivity contribution in [3.05, 3.63) is 95.7 Å². The smallest absolute Gasteiger partial charge is 0.340 e. The average molecular weight is 491 g/mol. The van der Waals surface area contributed by atoms with E-state index in [1.165, 1.54) is 6.07 Å². The van der Waals surface area contributed by atoms with E-state index in [4.69, 9.17) is 0 Å². The molecule has 174 valence electrons. The lowest BCUT2D eigenvalue weighted by Crippen LogP contribution is -2.06. The molecular weight excluding hydrogens is 473 g/mol. The summed E-state index contributed by atoms with van der Waals surface area (Å²) < 4.78 is 39.6. The summed E-state index contributed by atoms with van der Waals surface area (Å²) in [7, 11) is 0. The lowest BCUT2D eigenvalue weighted by atomic mass is 10.1. The number of halogens is 3. The number of hydrogen-bond donors (Lipinski definition) is 2. The van der Waals surface area contributed by atoms with Crippen molar-refractivity contribution >= 4 is 34.6 Å². The summed E-state index contributed by atoms with van der Waals surface area (Å²) in [6.45, 7) is 0. The van der Waals surface area contributed by atoms with Crippen molar-refractivity contribution in [3.63, 3.8) is 0 Å². The molecule has 4 aromatic heterocycles. The zero-order valence-corrected chi connectivity index (χ0v) is 18.8. The summed E-state index contributed by atoms with van der Waals surface area (Å²) in [5, 5.41) is 10.1. The van der Waals surface area contributed by atoms with Crippen LogP contribution in [0.3, 0.4) is 0 Å². The summed E-state index contributed by atoms with van der Waals surface area (Å²) in [5.41, 5.74) is 2.93. The minimum Gasteiger partial charge on any atom is -0.340 e. The largest absolute Gasteiger partial charge is 0.416 e. The summed E-state index contributed by atoms with van der Waals surface area (Å²) in [4.78, 5) is 17.3. The molecule has 4 heterocycles. The lowest BCUT2D eigenvalue weighted by molar-refractivity contribution is -0.137. The fourth-order valence-corrected chi connectivity index (χ4v) is 4.04. The van der Waals surface area contributed by atoms with Crippen molar-refractivity contribution < 1.29 is 13.2 Å². The van der Waals surface area contributed by atoms with Gasteiger partial charge in [0.05, 0.1) is 5.56 Å². The molecule has 0 saturated heterocycles. The van der Waals surface area contributed by atoms with Gasteiger partial charge in [-0.15, -0.1) is 0 Å². The van der Waals surface area contributed by atoms with Crippen LogP contribution < -0.4 is 10.6 Å². The molecule has 0 amide bonds. The van der Waals surface area contributed by atoms with E-state index in [0.717, 1.165) is 28.8 Å². The van der Waals surface area contributed by atoms with Gasteiger partial charge in [0, 0.05) is 41.6 Å². The maximum atomic E-state index is 13.2. The second-order valence-corrected chi connectivity index (χ2v) is 8.24. The molecule has 10 heteroatoms. The first-order valence-electron chi connectivity index (χ1n) is 10.4. The Balaban J connectivity index is 1.46. The van der Waals surface area contributed by atoms with Crippen molar-refractivity contribution in [1.29, 1.82) is 0 Å². The summed E-state index contributed by atoms with van der Waals surface area (Å²) in [6, 6.07) is 14.3. The number of anilines is 4. The zero-order chi connectivity index (χ0) is 24.3. The number of benzene rings is 1. The van der Waals surface area contributed by atoms with Crippen LogP contribution in [-0.2, 0) is 6.18 Å². The molecule has 5 aromatic rings. The highest BCUT2D eigenvalue weighted by atomic mass is 32.1. The SMILES string of the molecule is FC(F)(F)c1cccc(Nc2nc(Nc3ccc(-c4ccsc4)cn3)ncc2-c2ccncc2)c1. The molecule has 0 bridgehead atoms. The second-order valence-electron chi connectivity index (χ2n) is 7.46. The highest BCUT2D eigenvalue weighted by molar-refractivity contribution is 7.08. The summed E-state index contributed by atoms with van der Waals surface area (Å²) in [6.07, 6.45) is 2.13. The van der Waals surface area contributed by atoms with Crippen molar-refractivity contribution in [2.24, 2.45) is 0 Å². The number of aromatic nitrogens is 4. The van der Waals surface area contributed by atoms with E-state index in [1.807, 2.05) is 29.0 Å². The van der Waals surface area contributed by atoms with Gasteiger partial charge in [-0.3, -0.25) is 4.98 Å². The van der Waals surface area contributed by atoms with Gasteiger partial charge in [0.25, 0.3) is 0 Å². The predicted octanol–water partition coefficient (Wildman–Crippen LogP) is 7.17. The van der Waals surface area contributed by atoms with Crippen LogP contribution >= 0.6 is 11.3 Å². The molecule has 0 radical (unpaired) electrons. The molecule has 0 spiro atoms. The van der Waals surface area contributed by atoms with Gasteiger partial charge in [-0.25, -0.2) is 9.97 Å². The van der Waals surface area contributed by atoms with Gasteiger partial charge in [0.2, 0.25) is 5.95 Å². The third-order valence-electron chi connectivity index (χ3n) is 5.09. The Morgan fingerprint density at radius 3 is 2.37 bits per heavy atom. The number of hydrogen-bond acceptors (Lipinski definition) is 7. The number of alkyl halides is 3. The fraction of sp³-hybridized carbons (Fsp3) is 0.0400. The fourth-order valence-electron chi connectivity index (χ4n) is 3.37. The molecule has 0 saturated carbocycles. The van der Waals surface area contributed by atoms with E-state index in [0.29, 0.717) is 17.2 Å². The zero-order valence-electron chi connectivity index (χ0n) is 18.0. The Morgan fingerprint density at radius 1 is 0.800 bits per heavy atom. The van der Waals surface area contributed by atoms with Gasteiger partial charge in [0.15, 0.2) is 0 Å². The van der Waals surface area contributed by atoms with Crippen LogP contribution in [-0.4, -0.2) is 19.9 Å². The molecule has 1 aromatic carbocycles. The van der Waals surface area contributed by atoms with Crippen LogP contribution in [0.5, 0.6) is 0 Å². The molecule has 0 atom stereocenters. The van der Waals surface area contributed by atoms with E-state index in [2.05, 4.69) is 30.6 Å². The van der Waals surface area contributed by atoms with Gasteiger partial charge in [-0.2, -0.15) is 29.5 Å². The molecule has 5 rings (SSSR count).